The fourth-order valence-corrected chi connectivity index (χ4v) is 2.03. The molecule has 0 aliphatic rings. The molecule has 0 radical (unpaired) electrons. The van der Waals surface area contributed by atoms with Gasteiger partial charge in [0.1, 0.15) is 5.76 Å². The Morgan fingerprint density at radius 1 is 1.43 bits per heavy atom. The van der Waals surface area contributed by atoms with Crippen molar-refractivity contribution < 1.29 is 14.1 Å². The predicted octanol–water partition coefficient (Wildman–Crippen LogP) is 2.66. The summed E-state index contributed by atoms with van der Waals surface area (Å²) < 4.78 is 10.2. The van der Waals surface area contributed by atoms with Gasteiger partial charge in [0.05, 0.1) is 17.9 Å². The van der Waals surface area contributed by atoms with Gasteiger partial charge in [0, 0.05) is 23.5 Å². The highest BCUT2D eigenvalue weighted by Gasteiger charge is 2.14. The molecule has 0 aliphatic carbocycles. The summed E-state index contributed by atoms with van der Waals surface area (Å²) in [6.07, 6.45) is 0. The van der Waals surface area contributed by atoms with E-state index in [2.05, 4.69) is 10.5 Å². The van der Waals surface area contributed by atoms with Crippen LogP contribution in [0.25, 0.3) is 0 Å². The summed E-state index contributed by atoms with van der Waals surface area (Å²) in [4.78, 5) is 12.0. The SMILES string of the molecule is CCOC(=O)c1cc(N)ccc1NCc1c(C)noc1C. The minimum atomic E-state index is -0.397. The second kappa shape index (κ2) is 6.30. The van der Waals surface area contributed by atoms with Gasteiger partial charge in [-0.3, -0.25) is 0 Å². The van der Waals surface area contributed by atoms with Crippen LogP contribution in [0.2, 0.25) is 0 Å². The molecular weight excluding hydrogens is 270 g/mol. The highest BCUT2D eigenvalue weighted by Crippen LogP contribution is 2.22. The van der Waals surface area contributed by atoms with Crippen LogP contribution in [0.15, 0.2) is 22.7 Å². The third-order valence-electron chi connectivity index (χ3n) is 3.18. The fourth-order valence-electron chi connectivity index (χ4n) is 2.03. The lowest BCUT2D eigenvalue weighted by atomic mass is 10.1. The molecule has 2 aromatic rings. The van der Waals surface area contributed by atoms with Crippen LogP contribution in [0.3, 0.4) is 0 Å². The molecule has 1 aromatic heterocycles. The number of nitrogen functional groups attached to an aromatic ring is 1. The van der Waals surface area contributed by atoms with Crippen molar-refractivity contribution in [1.29, 1.82) is 0 Å². The van der Waals surface area contributed by atoms with E-state index in [0.717, 1.165) is 17.0 Å². The summed E-state index contributed by atoms with van der Waals surface area (Å²) in [7, 11) is 0. The minimum absolute atomic E-state index is 0.316. The first kappa shape index (κ1) is 14.9. The Balaban J connectivity index is 2.22. The summed E-state index contributed by atoms with van der Waals surface area (Å²) in [5.41, 5.74) is 9.14. The number of ether oxygens (including phenoxy) is 1. The second-order valence-electron chi connectivity index (χ2n) is 4.68. The zero-order valence-corrected chi connectivity index (χ0v) is 12.4. The summed E-state index contributed by atoms with van der Waals surface area (Å²) in [6.45, 7) is 6.32. The van der Waals surface area contributed by atoms with Crippen LogP contribution < -0.4 is 11.1 Å². The maximum Gasteiger partial charge on any atom is 0.340 e. The second-order valence-corrected chi connectivity index (χ2v) is 4.68. The molecule has 0 spiro atoms. The quantitative estimate of drug-likeness (QED) is 0.649. The Hall–Kier alpha value is -2.50. The van der Waals surface area contributed by atoms with Gasteiger partial charge < -0.3 is 20.3 Å². The number of aryl methyl sites for hydroxylation is 2. The van der Waals surface area contributed by atoms with Crippen molar-refractivity contribution in [3.8, 4) is 0 Å². The molecule has 0 aliphatic heterocycles. The first-order valence-electron chi connectivity index (χ1n) is 6.75. The molecule has 0 fully saturated rings. The number of nitrogens with two attached hydrogens (primary N) is 1. The van der Waals surface area contributed by atoms with Gasteiger partial charge in [-0.15, -0.1) is 0 Å². The first-order valence-corrected chi connectivity index (χ1v) is 6.75. The number of hydrogen-bond acceptors (Lipinski definition) is 6. The molecule has 0 unspecified atom stereocenters. The number of carbonyl (C=O) groups excluding carboxylic acids is 1. The lowest BCUT2D eigenvalue weighted by molar-refractivity contribution is 0.0527. The number of esters is 1. The van der Waals surface area contributed by atoms with E-state index in [0.29, 0.717) is 30.1 Å². The molecular formula is C15H19N3O3. The molecule has 2 rings (SSSR count). The predicted molar refractivity (Wildman–Crippen MR) is 80.1 cm³/mol. The van der Waals surface area contributed by atoms with Crippen LogP contribution in [0, 0.1) is 13.8 Å². The molecule has 21 heavy (non-hydrogen) atoms. The van der Waals surface area contributed by atoms with Crippen molar-refractivity contribution in [2.24, 2.45) is 0 Å². The summed E-state index contributed by atoms with van der Waals surface area (Å²) in [5, 5.41) is 7.11. The highest BCUT2D eigenvalue weighted by atomic mass is 16.5. The number of benzene rings is 1. The molecule has 0 amide bonds. The van der Waals surface area contributed by atoms with E-state index in [9.17, 15) is 4.79 Å². The molecule has 3 N–H and O–H groups in total. The third-order valence-corrected chi connectivity index (χ3v) is 3.18. The van der Waals surface area contributed by atoms with Crippen LogP contribution in [0.5, 0.6) is 0 Å². The normalized spacial score (nSPS) is 10.4. The third kappa shape index (κ3) is 3.34. The van der Waals surface area contributed by atoms with Crippen molar-refractivity contribution in [2.75, 3.05) is 17.7 Å². The largest absolute Gasteiger partial charge is 0.462 e. The Kier molecular flexibility index (Phi) is 4.47. The minimum Gasteiger partial charge on any atom is -0.462 e. The molecule has 0 saturated carbocycles. The zero-order valence-electron chi connectivity index (χ0n) is 12.4. The topological polar surface area (TPSA) is 90.4 Å². The van der Waals surface area contributed by atoms with E-state index in [1.165, 1.54) is 0 Å². The average molecular weight is 289 g/mol. The molecule has 0 bridgehead atoms. The smallest absolute Gasteiger partial charge is 0.340 e. The Labute approximate surface area is 123 Å². The van der Waals surface area contributed by atoms with Gasteiger partial charge >= 0.3 is 5.97 Å². The van der Waals surface area contributed by atoms with E-state index in [1.807, 2.05) is 13.8 Å². The molecule has 0 saturated heterocycles. The Morgan fingerprint density at radius 3 is 2.81 bits per heavy atom. The standard InChI is InChI=1S/C15H19N3O3/c1-4-20-15(19)12-7-11(16)5-6-14(12)17-8-13-9(2)18-21-10(13)3/h5-7,17H,4,8,16H2,1-3H3. The van der Waals surface area contributed by atoms with E-state index < -0.39 is 5.97 Å². The van der Waals surface area contributed by atoms with Gasteiger partial charge in [-0.05, 0) is 39.0 Å². The lowest BCUT2D eigenvalue weighted by Gasteiger charge is -2.12. The summed E-state index contributed by atoms with van der Waals surface area (Å²) in [5.74, 6) is 0.360. The van der Waals surface area contributed by atoms with E-state index >= 15 is 0 Å². The first-order chi connectivity index (χ1) is 10.0. The molecule has 6 nitrogen and oxygen atoms in total. The molecule has 6 heteroatoms. The number of anilines is 2. The number of nitrogens with zero attached hydrogens (tertiary/aromatic N) is 1. The van der Waals surface area contributed by atoms with Crippen LogP contribution in [-0.4, -0.2) is 17.7 Å². The number of rotatable bonds is 5. The van der Waals surface area contributed by atoms with Gasteiger partial charge in [0.2, 0.25) is 0 Å². The monoisotopic (exact) mass is 289 g/mol. The van der Waals surface area contributed by atoms with Crippen molar-refractivity contribution in [1.82, 2.24) is 5.16 Å². The van der Waals surface area contributed by atoms with Crippen LogP contribution in [-0.2, 0) is 11.3 Å². The van der Waals surface area contributed by atoms with Gasteiger partial charge in [-0.2, -0.15) is 0 Å². The number of hydrogen-bond donors (Lipinski definition) is 2. The van der Waals surface area contributed by atoms with E-state index in [-0.39, 0.29) is 0 Å². The van der Waals surface area contributed by atoms with Crippen molar-refractivity contribution in [2.45, 2.75) is 27.3 Å². The van der Waals surface area contributed by atoms with Gasteiger partial charge in [-0.25, -0.2) is 4.79 Å². The van der Waals surface area contributed by atoms with Crippen molar-refractivity contribution in [3.05, 3.63) is 40.8 Å². The van der Waals surface area contributed by atoms with Crippen molar-refractivity contribution in [3.63, 3.8) is 0 Å². The van der Waals surface area contributed by atoms with Gasteiger partial charge in [0.25, 0.3) is 0 Å². The number of carbonyl (C=O) groups is 1. The average Bonchev–Trinajstić information content (AvgIpc) is 2.77. The van der Waals surface area contributed by atoms with Crippen molar-refractivity contribution >= 4 is 17.3 Å². The van der Waals surface area contributed by atoms with E-state index in [4.69, 9.17) is 15.0 Å². The van der Waals surface area contributed by atoms with E-state index in [1.54, 1.807) is 25.1 Å². The maximum atomic E-state index is 12.0. The Bertz CT molecular complexity index is 630. The molecule has 0 atom stereocenters. The molecule has 1 aromatic carbocycles. The zero-order chi connectivity index (χ0) is 15.4. The highest BCUT2D eigenvalue weighted by molar-refractivity contribution is 5.96. The molecule has 112 valence electrons. The number of nitrogens with one attached hydrogen (secondary N) is 1. The fraction of sp³-hybridized carbons (Fsp3) is 0.333. The van der Waals surface area contributed by atoms with Gasteiger partial charge in [0.15, 0.2) is 0 Å². The van der Waals surface area contributed by atoms with Crippen LogP contribution >= 0.6 is 0 Å². The maximum absolute atomic E-state index is 12.0. The van der Waals surface area contributed by atoms with Crippen LogP contribution in [0.1, 0.15) is 34.3 Å². The summed E-state index contributed by atoms with van der Waals surface area (Å²) in [6, 6.07) is 5.10. The molecule has 1 heterocycles. The van der Waals surface area contributed by atoms with Gasteiger partial charge in [-0.1, -0.05) is 5.16 Å². The summed E-state index contributed by atoms with van der Waals surface area (Å²) >= 11 is 0. The van der Waals surface area contributed by atoms with Crippen LogP contribution in [0.4, 0.5) is 11.4 Å². The lowest BCUT2D eigenvalue weighted by Crippen LogP contribution is -2.11. The number of aromatic nitrogens is 1. The Morgan fingerprint density at radius 2 is 2.19 bits per heavy atom.